The molecule has 0 saturated heterocycles. The summed E-state index contributed by atoms with van der Waals surface area (Å²) in [6.07, 6.45) is 1.58. The summed E-state index contributed by atoms with van der Waals surface area (Å²) in [5.41, 5.74) is -0.0968. The van der Waals surface area contributed by atoms with Gasteiger partial charge in [-0.1, -0.05) is 11.3 Å². The van der Waals surface area contributed by atoms with Crippen LogP contribution in [0.1, 0.15) is 11.3 Å². The van der Waals surface area contributed by atoms with E-state index in [9.17, 15) is 19.7 Å². The van der Waals surface area contributed by atoms with Crippen LogP contribution in [0.3, 0.4) is 0 Å². The third-order valence-electron chi connectivity index (χ3n) is 2.94. The van der Waals surface area contributed by atoms with Gasteiger partial charge in [0.15, 0.2) is 0 Å². The number of hydrogen-bond acceptors (Lipinski definition) is 7. The monoisotopic (exact) mass is 316 g/mol. The van der Waals surface area contributed by atoms with Crippen molar-refractivity contribution in [1.82, 2.24) is 14.6 Å². The van der Waals surface area contributed by atoms with E-state index < -0.39 is 10.5 Å². The number of nitrogens with zero attached hydrogens (tertiary/aromatic N) is 4. The summed E-state index contributed by atoms with van der Waals surface area (Å²) in [6.45, 7) is 1.48. The highest BCUT2D eigenvalue weighted by molar-refractivity contribution is 7.15. The van der Waals surface area contributed by atoms with Gasteiger partial charge >= 0.3 is 0 Å². The van der Waals surface area contributed by atoms with Crippen LogP contribution in [0.25, 0.3) is 11.0 Å². The highest BCUT2D eigenvalue weighted by Crippen LogP contribution is 2.12. The molecule has 110 valence electrons. The first-order valence-corrected chi connectivity index (χ1v) is 6.94. The lowest BCUT2D eigenvalue weighted by molar-refractivity contribution is -0.384. The molecule has 0 unspecified atom stereocenters. The van der Waals surface area contributed by atoms with Crippen molar-refractivity contribution in [2.45, 2.75) is 6.92 Å². The summed E-state index contributed by atoms with van der Waals surface area (Å²) in [5, 5.41) is 14.5. The number of hydrogen-bond donors (Lipinski definition) is 0. The van der Waals surface area contributed by atoms with Crippen molar-refractivity contribution in [3.8, 4) is 0 Å². The number of rotatable bonds is 2. The Kier molecular flexibility index (Phi) is 3.26. The summed E-state index contributed by atoms with van der Waals surface area (Å²) < 4.78 is 1.43. The van der Waals surface area contributed by atoms with Gasteiger partial charge in [-0.25, -0.2) is 0 Å². The maximum atomic E-state index is 12.2. The topological polar surface area (TPSA) is 107 Å². The van der Waals surface area contributed by atoms with E-state index in [4.69, 9.17) is 0 Å². The minimum absolute atomic E-state index is 0.0276. The van der Waals surface area contributed by atoms with Crippen LogP contribution in [0, 0.1) is 17.0 Å². The van der Waals surface area contributed by atoms with E-state index in [1.54, 1.807) is 6.08 Å². The van der Waals surface area contributed by atoms with Crippen LogP contribution in [0.2, 0.25) is 0 Å². The van der Waals surface area contributed by atoms with Crippen molar-refractivity contribution in [3.05, 3.63) is 70.9 Å². The van der Waals surface area contributed by atoms with Crippen molar-refractivity contribution in [2.24, 2.45) is 0 Å². The van der Waals surface area contributed by atoms with Crippen molar-refractivity contribution in [3.63, 3.8) is 0 Å². The van der Waals surface area contributed by atoms with Gasteiger partial charge in [0.25, 0.3) is 16.8 Å². The Labute approximate surface area is 126 Å². The molecule has 0 spiro atoms. The summed E-state index contributed by atoms with van der Waals surface area (Å²) in [5.74, 6) is 0. The average Bonchev–Trinajstić information content (AvgIpc) is 2.77. The summed E-state index contributed by atoms with van der Waals surface area (Å²) in [6, 6.07) is 5.79. The summed E-state index contributed by atoms with van der Waals surface area (Å²) >= 11 is 1.04. The van der Waals surface area contributed by atoms with E-state index in [1.807, 2.05) is 0 Å². The molecule has 3 aromatic rings. The first-order chi connectivity index (χ1) is 10.5. The van der Waals surface area contributed by atoms with Gasteiger partial charge in [-0.15, -0.1) is 0 Å². The molecular weight excluding hydrogens is 308 g/mol. The van der Waals surface area contributed by atoms with Crippen LogP contribution in [-0.4, -0.2) is 19.5 Å². The van der Waals surface area contributed by atoms with E-state index in [1.165, 1.54) is 31.2 Å². The van der Waals surface area contributed by atoms with E-state index in [0.717, 1.165) is 15.9 Å². The highest BCUT2D eigenvalue weighted by Gasteiger charge is 2.08. The second-order valence-corrected chi connectivity index (χ2v) is 5.47. The largest absolute Gasteiger partial charge is 0.295 e. The molecule has 0 radical (unpaired) electrons. The average molecular weight is 316 g/mol. The fourth-order valence-corrected chi connectivity index (χ4v) is 2.73. The molecule has 0 amide bonds. The van der Waals surface area contributed by atoms with Gasteiger partial charge in [-0.3, -0.25) is 19.7 Å². The van der Waals surface area contributed by atoms with E-state index >= 15 is 0 Å². The first-order valence-electron chi connectivity index (χ1n) is 6.12. The third kappa shape index (κ3) is 2.37. The summed E-state index contributed by atoms with van der Waals surface area (Å²) in [4.78, 5) is 37.8. The molecule has 9 heteroatoms. The molecule has 0 N–H and O–H groups in total. The maximum Gasteiger partial charge on any atom is 0.295 e. The molecule has 2 heterocycles. The lowest BCUT2D eigenvalue weighted by Crippen LogP contribution is -2.27. The molecule has 0 aliphatic carbocycles. The lowest BCUT2D eigenvalue weighted by Gasteiger charge is -1.92. The fraction of sp³-hybridized carbons (Fsp3) is 0.0769. The van der Waals surface area contributed by atoms with Gasteiger partial charge < -0.3 is 0 Å². The molecule has 1 aromatic carbocycles. The Bertz CT molecular complexity index is 1050. The van der Waals surface area contributed by atoms with Crippen molar-refractivity contribution >= 4 is 28.1 Å². The number of aryl methyl sites for hydroxylation is 1. The molecule has 0 atom stereocenters. The number of fused-ring (bicyclic) bond motifs is 1. The van der Waals surface area contributed by atoms with Crippen molar-refractivity contribution < 1.29 is 4.92 Å². The van der Waals surface area contributed by atoms with E-state index in [-0.39, 0.29) is 21.9 Å². The molecule has 0 aliphatic rings. The quantitative estimate of drug-likeness (QED) is 0.496. The number of non-ortho nitro benzene ring substituents is 1. The molecule has 3 rings (SSSR count). The minimum Gasteiger partial charge on any atom is -0.266 e. The minimum atomic E-state index is -0.496. The third-order valence-corrected chi connectivity index (χ3v) is 3.90. The second kappa shape index (κ2) is 5.11. The Hall–Kier alpha value is -2.94. The Morgan fingerprint density at radius 1 is 1.27 bits per heavy atom. The van der Waals surface area contributed by atoms with Crippen LogP contribution in [0.5, 0.6) is 0 Å². The van der Waals surface area contributed by atoms with Gasteiger partial charge in [-0.05, 0) is 30.7 Å². The van der Waals surface area contributed by atoms with E-state index in [2.05, 4.69) is 10.1 Å². The van der Waals surface area contributed by atoms with Crippen LogP contribution in [0.4, 0.5) is 5.69 Å². The molecule has 2 aromatic heterocycles. The number of nitro benzene ring substituents is 1. The Balaban J connectivity index is 2.17. The zero-order valence-corrected chi connectivity index (χ0v) is 12.0. The van der Waals surface area contributed by atoms with Gasteiger partial charge in [0.05, 0.1) is 9.46 Å². The SMILES string of the molecule is Cc1nn2c(=O)c(=Cc3ccc([N+](=O)[O-])cc3)sc2nc1=O. The van der Waals surface area contributed by atoms with Gasteiger partial charge in [-0.2, -0.15) is 14.6 Å². The molecule has 22 heavy (non-hydrogen) atoms. The Morgan fingerprint density at radius 3 is 2.59 bits per heavy atom. The molecule has 0 aliphatic heterocycles. The van der Waals surface area contributed by atoms with E-state index in [0.29, 0.717) is 10.1 Å². The maximum absolute atomic E-state index is 12.2. The van der Waals surface area contributed by atoms with Crippen LogP contribution in [0.15, 0.2) is 33.9 Å². The first kappa shape index (κ1) is 14.0. The summed E-state index contributed by atoms with van der Waals surface area (Å²) in [7, 11) is 0. The number of nitro groups is 1. The van der Waals surface area contributed by atoms with Crippen LogP contribution < -0.4 is 15.7 Å². The van der Waals surface area contributed by atoms with Gasteiger partial charge in [0.1, 0.15) is 5.69 Å². The van der Waals surface area contributed by atoms with Gasteiger partial charge in [0.2, 0.25) is 4.96 Å². The van der Waals surface area contributed by atoms with Crippen LogP contribution >= 0.6 is 11.3 Å². The number of benzene rings is 1. The smallest absolute Gasteiger partial charge is 0.266 e. The van der Waals surface area contributed by atoms with Gasteiger partial charge in [0, 0.05) is 12.1 Å². The normalized spacial score (nSPS) is 12.0. The highest BCUT2D eigenvalue weighted by atomic mass is 32.1. The molecular formula is C13H8N4O4S. The Morgan fingerprint density at radius 2 is 1.95 bits per heavy atom. The molecule has 8 nitrogen and oxygen atoms in total. The second-order valence-electron chi connectivity index (χ2n) is 4.46. The fourth-order valence-electron chi connectivity index (χ4n) is 1.83. The number of aromatic nitrogens is 3. The molecule has 0 saturated carbocycles. The lowest BCUT2D eigenvalue weighted by atomic mass is 10.2. The van der Waals surface area contributed by atoms with Crippen molar-refractivity contribution in [2.75, 3.05) is 0 Å². The van der Waals surface area contributed by atoms with Crippen LogP contribution in [-0.2, 0) is 0 Å². The number of thiazole rings is 1. The zero-order valence-electron chi connectivity index (χ0n) is 11.2. The predicted octanol–water partition coefficient (Wildman–Crippen LogP) is 0.276. The molecule has 0 fully saturated rings. The zero-order chi connectivity index (χ0) is 15.9. The van der Waals surface area contributed by atoms with Crippen molar-refractivity contribution in [1.29, 1.82) is 0 Å². The predicted molar refractivity (Wildman–Crippen MR) is 80.0 cm³/mol. The standard InChI is InChI=1S/C13H8N4O4S/c1-7-11(18)14-13-16(15-7)12(19)10(22-13)6-8-2-4-9(5-3-8)17(20)21/h2-6H,1H3. The molecule has 0 bridgehead atoms.